The van der Waals surface area contributed by atoms with Gasteiger partial charge in [-0.3, -0.25) is 4.98 Å². The van der Waals surface area contributed by atoms with E-state index in [2.05, 4.69) is 27.1 Å². The fourth-order valence-electron chi connectivity index (χ4n) is 1.26. The Morgan fingerprint density at radius 2 is 2.21 bits per heavy atom. The van der Waals surface area contributed by atoms with Crippen LogP contribution in [0.25, 0.3) is 0 Å². The monoisotopic (exact) mass is 214 g/mol. The third kappa shape index (κ3) is 3.89. The first kappa shape index (κ1) is 11.2. The summed E-state index contributed by atoms with van der Waals surface area (Å²) < 4.78 is 0. The second kappa shape index (κ2) is 5.12. The van der Waals surface area contributed by atoms with E-state index in [1.165, 1.54) is 6.20 Å². The lowest BCUT2D eigenvalue weighted by molar-refractivity contribution is 0.392. The van der Waals surface area contributed by atoms with Gasteiger partial charge in [0.1, 0.15) is 11.0 Å². The number of rotatable bonds is 4. The van der Waals surface area contributed by atoms with E-state index in [0.717, 1.165) is 6.54 Å². The first-order valence-electron chi connectivity index (χ1n) is 4.46. The summed E-state index contributed by atoms with van der Waals surface area (Å²) >= 11 is 5.71. The van der Waals surface area contributed by atoms with Crippen LogP contribution in [0.3, 0.4) is 0 Å². The van der Waals surface area contributed by atoms with Crippen molar-refractivity contribution in [1.82, 2.24) is 14.9 Å². The second-order valence-electron chi connectivity index (χ2n) is 3.53. The molecule has 1 N–H and O–H groups in total. The Bertz CT molecular complexity index is 290. The number of aromatic nitrogens is 2. The second-order valence-corrected chi connectivity index (χ2v) is 3.92. The summed E-state index contributed by atoms with van der Waals surface area (Å²) in [5.74, 6) is 0.715. The van der Waals surface area contributed by atoms with E-state index < -0.39 is 0 Å². The highest BCUT2D eigenvalue weighted by atomic mass is 35.5. The Labute approximate surface area is 89.3 Å². The average molecular weight is 215 g/mol. The van der Waals surface area contributed by atoms with Crippen molar-refractivity contribution in [3.05, 3.63) is 17.5 Å². The van der Waals surface area contributed by atoms with Crippen molar-refractivity contribution in [1.29, 1.82) is 0 Å². The van der Waals surface area contributed by atoms with Crippen molar-refractivity contribution in [3.63, 3.8) is 0 Å². The summed E-state index contributed by atoms with van der Waals surface area (Å²) in [4.78, 5) is 10.1. The molecule has 1 aromatic heterocycles. The van der Waals surface area contributed by atoms with E-state index >= 15 is 0 Å². The zero-order valence-corrected chi connectivity index (χ0v) is 9.41. The molecule has 1 atom stereocenters. The van der Waals surface area contributed by atoms with Crippen LogP contribution in [-0.2, 0) is 0 Å². The number of anilines is 1. The van der Waals surface area contributed by atoms with Crippen molar-refractivity contribution in [2.45, 2.75) is 13.0 Å². The summed E-state index contributed by atoms with van der Waals surface area (Å²) in [6, 6.07) is 0.317. The molecule has 1 rings (SSSR count). The van der Waals surface area contributed by atoms with E-state index in [-0.39, 0.29) is 0 Å². The van der Waals surface area contributed by atoms with Gasteiger partial charge in [-0.2, -0.15) is 0 Å². The van der Waals surface area contributed by atoms with Crippen molar-refractivity contribution in [2.75, 3.05) is 26.0 Å². The van der Waals surface area contributed by atoms with E-state index in [4.69, 9.17) is 11.6 Å². The third-order valence-corrected chi connectivity index (χ3v) is 1.82. The summed E-state index contributed by atoms with van der Waals surface area (Å²) in [5.41, 5.74) is 0. The minimum Gasteiger partial charge on any atom is -0.365 e. The molecule has 0 spiro atoms. The van der Waals surface area contributed by atoms with Crippen molar-refractivity contribution in [3.8, 4) is 0 Å². The lowest BCUT2D eigenvalue weighted by atomic mass is 10.3. The van der Waals surface area contributed by atoms with Gasteiger partial charge in [-0.05, 0) is 21.0 Å². The largest absolute Gasteiger partial charge is 0.365 e. The van der Waals surface area contributed by atoms with E-state index in [9.17, 15) is 0 Å². The molecule has 0 bridgehead atoms. The van der Waals surface area contributed by atoms with Crippen LogP contribution in [0.2, 0.25) is 5.15 Å². The molecule has 0 fully saturated rings. The number of nitrogens with one attached hydrogen (secondary N) is 1. The molecule has 0 aliphatic rings. The SMILES string of the molecule is CC(CN(C)C)Nc1cncc(Cl)n1. The van der Waals surface area contributed by atoms with Gasteiger partial charge in [0.05, 0.1) is 12.4 Å². The lowest BCUT2D eigenvalue weighted by Crippen LogP contribution is -2.29. The summed E-state index contributed by atoms with van der Waals surface area (Å²) in [6.45, 7) is 3.02. The highest BCUT2D eigenvalue weighted by Crippen LogP contribution is 2.07. The van der Waals surface area contributed by atoms with Crippen molar-refractivity contribution in [2.24, 2.45) is 0 Å². The van der Waals surface area contributed by atoms with Gasteiger partial charge in [-0.25, -0.2) is 4.98 Å². The maximum absolute atomic E-state index is 5.71. The Morgan fingerprint density at radius 1 is 1.50 bits per heavy atom. The first-order valence-corrected chi connectivity index (χ1v) is 4.84. The smallest absolute Gasteiger partial charge is 0.149 e. The molecule has 14 heavy (non-hydrogen) atoms. The molecule has 0 aliphatic heterocycles. The van der Waals surface area contributed by atoms with Crippen molar-refractivity contribution < 1.29 is 0 Å². The molecule has 0 aromatic carbocycles. The fraction of sp³-hybridized carbons (Fsp3) is 0.556. The normalized spacial score (nSPS) is 12.9. The molecule has 1 heterocycles. The Hall–Kier alpha value is -0.870. The van der Waals surface area contributed by atoms with Gasteiger partial charge >= 0.3 is 0 Å². The number of likely N-dealkylation sites (N-methyl/N-ethyl adjacent to an activating group) is 1. The van der Waals surface area contributed by atoms with Gasteiger partial charge in [0.15, 0.2) is 0 Å². The zero-order chi connectivity index (χ0) is 10.6. The molecule has 1 unspecified atom stereocenters. The highest BCUT2D eigenvalue weighted by Gasteiger charge is 2.04. The number of hydrogen-bond acceptors (Lipinski definition) is 4. The van der Waals surface area contributed by atoms with Crippen LogP contribution in [0, 0.1) is 0 Å². The van der Waals surface area contributed by atoms with E-state index in [1.807, 2.05) is 14.1 Å². The van der Waals surface area contributed by atoms with Gasteiger partial charge in [0.25, 0.3) is 0 Å². The molecule has 5 heteroatoms. The van der Waals surface area contributed by atoms with Crippen LogP contribution >= 0.6 is 11.6 Å². The molecule has 1 aromatic rings. The Morgan fingerprint density at radius 3 is 2.79 bits per heavy atom. The molecule has 0 saturated heterocycles. The maximum atomic E-state index is 5.71. The fourth-order valence-corrected chi connectivity index (χ4v) is 1.40. The van der Waals surface area contributed by atoms with Crippen LogP contribution < -0.4 is 5.32 Å². The van der Waals surface area contributed by atoms with Crippen molar-refractivity contribution >= 4 is 17.4 Å². The van der Waals surface area contributed by atoms with Gasteiger partial charge in [0, 0.05) is 12.6 Å². The summed E-state index contributed by atoms with van der Waals surface area (Å²) in [6.07, 6.45) is 3.18. The minimum atomic E-state index is 0.317. The van der Waals surface area contributed by atoms with Gasteiger partial charge in [-0.15, -0.1) is 0 Å². The first-order chi connectivity index (χ1) is 6.58. The average Bonchev–Trinajstić information content (AvgIpc) is 2.01. The van der Waals surface area contributed by atoms with E-state index in [0.29, 0.717) is 17.0 Å². The van der Waals surface area contributed by atoms with Crippen LogP contribution in [-0.4, -0.2) is 41.5 Å². The highest BCUT2D eigenvalue weighted by molar-refractivity contribution is 6.29. The number of halogens is 1. The van der Waals surface area contributed by atoms with Crippen LogP contribution in [0.1, 0.15) is 6.92 Å². The molecule has 78 valence electrons. The van der Waals surface area contributed by atoms with Gasteiger partial charge < -0.3 is 10.2 Å². The summed E-state index contributed by atoms with van der Waals surface area (Å²) in [7, 11) is 4.06. The van der Waals surface area contributed by atoms with Gasteiger partial charge in [-0.1, -0.05) is 11.6 Å². The lowest BCUT2D eigenvalue weighted by Gasteiger charge is -2.18. The van der Waals surface area contributed by atoms with Gasteiger partial charge in [0.2, 0.25) is 0 Å². The zero-order valence-electron chi connectivity index (χ0n) is 8.66. The van der Waals surface area contributed by atoms with E-state index in [1.54, 1.807) is 6.20 Å². The molecule has 0 saturated carbocycles. The van der Waals surface area contributed by atoms with Crippen LogP contribution in [0.4, 0.5) is 5.82 Å². The molecule has 0 radical (unpaired) electrons. The standard InChI is InChI=1S/C9H15ClN4/c1-7(6-14(2)3)12-9-5-11-4-8(10)13-9/h4-5,7H,6H2,1-3H3,(H,12,13). The maximum Gasteiger partial charge on any atom is 0.149 e. The molecule has 0 aliphatic carbocycles. The quantitative estimate of drug-likeness (QED) is 0.825. The third-order valence-electron chi connectivity index (χ3n) is 1.64. The molecule has 0 amide bonds. The predicted octanol–water partition coefficient (Wildman–Crippen LogP) is 1.49. The molecule has 4 nitrogen and oxygen atoms in total. The molecular formula is C9H15ClN4. The predicted molar refractivity (Wildman–Crippen MR) is 58.7 cm³/mol. The number of nitrogens with zero attached hydrogens (tertiary/aromatic N) is 3. The van der Waals surface area contributed by atoms with Crippen LogP contribution in [0.5, 0.6) is 0 Å². The number of hydrogen-bond donors (Lipinski definition) is 1. The minimum absolute atomic E-state index is 0.317. The topological polar surface area (TPSA) is 41.0 Å². The Kier molecular flexibility index (Phi) is 4.10. The van der Waals surface area contributed by atoms with Crippen LogP contribution in [0.15, 0.2) is 12.4 Å². The summed E-state index contributed by atoms with van der Waals surface area (Å²) in [5, 5.41) is 3.62. The molecular weight excluding hydrogens is 200 g/mol. The Balaban J connectivity index is 2.51.